The Morgan fingerprint density at radius 2 is 1.00 bits per heavy atom. The van der Waals surface area contributed by atoms with Crippen molar-refractivity contribution in [3.63, 3.8) is 0 Å². The first-order valence-corrected chi connectivity index (χ1v) is 17.4. The first kappa shape index (κ1) is 49.9. The number of nitrogens with two attached hydrogens (primary N) is 3. The summed E-state index contributed by atoms with van der Waals surface area (Å²) in [7, 11) is 9.70. The second-order valence-electron chi connectivity index (χ2n) is 8.94. The Morgan fingerprint density at radius 3 is 1.34 bits per heavy atom. The van der Waals surface area contributed by atoms with Crippen LogP contribution in [0.5, 0.6) is 0 Å². The molecule has 19 heteroatoms. The van der Waals surface area contributed by atoms with Gasteiger partial charge in [-0.1, -0.05) is 72.8 Å². The number of hydrazine groups is 2. The molecule has 53 heavy (non-hydrogen) atoms. The number of pyridine rings is 3. The number of carbonyl (C=O) groups is 3. The maximum absolute atomic E-state index is 11.2. The largest absolute Gasteiger partial charge is 0.477 e. The smallest absolute Gasteiger partial charge is 0.356 e. The highest BCUT2D eigenvalue weighted by Crippen LogP contribution is 2.13. The monoisotopic (exact) mass is 793 g/mol. The Kier molecular flexibility index (Phi) is 27.7. The Hall–Kier alpha value is -5.21. The molecule has 0 aliphatic carbocycles. The minimum Gasteiger partial charge on any atom is -0.477 e. The molecule has 0 spiro atoms. The van der Waals surface area contributed by atoms with Crippen LogP contribution in [-0.2, 0) is 14.0 Å². The van der Waals surface area contributed by atoms with Gasteiger partial charge in [0.15, 0.2) is 0 Å². The quantitative estimate of drug-likeness (QED) is 0.0444. The van der Waals surface area contributed by atoms with Gasteiger partial charge in [0.2, 0.25) is 9.23 Å². The zero-order valence-corrected chi connectivity index (χ0v) is 31.0. The normalized spacial score (nSPS) is 9.04. The molecule has 3 heterocycles. The van der Waals surface area contributed by atoms with Crippen molar-refractivity contribution in [2.24, 2.45) is 17.5 Å². The van der Waals surface area contributed by atoms with E-state index in [1.54, 1.807) is 31.2 Å². The van der Waals surface area contributed by atoms with Gasteiger partial charge in [-0.05, 0) is 43.3 Å². The third-order valence-electron chi connectivity index (χ3n) is 5.77. The number of hydrogen-bond donors (Lipinski definition) is 7. The number of esters is 1. The molecular formula is C34H41Cl2N7O9S. The molecule has 0 fully saturated rings. The number of hydrogen-bond acceptors (Lipinski definition) is 13. The second-order valence-corrected chi connectivity index (χ2v) is 11.5. The number of carboxylic acids is 1. The van der Waals surface area contributed by atoms with Crippen LogP contribution in [-0.4, -0.2) is 78.6 Å². The Morgan fingerprint density at radius 1 is 0.698 bits per heavy atom. The second kappa shape index (κ2) is 29.4. The summed E-state index contributed by atoms with van der Waals surface area (Å²) in [5.41, 5.74) is 5.09. The third kappa shape index (κ3) is 18.7. The number of halogens is 2. The highest BCUT2D eigenvalue weighted by molar-refractivity contribution is 8.26. The number of aliphatic hydroxyl groups is 2. The van der Waals surface area contributed by atoms with E-state index < -0.39 is 21.2 Å². The third-order valence-corrected chi connectivity index (χ3v) is 5.77. The zero-order chi connectivity index (χ0) is 39.5. The Bertz CT molecular complexity index is 1920. The molecule has 1 amide bonds. The molecule has 3 aromatic carbocycles. The minimum absolute atomic E-state index is 0. The number of carbonyl (C=O) groups excluding carboxylic acids is 2. The van der Waals surface area contributed by atoms with Crippen LogP contribution < -0.4 is 23.0 Å². The van der Waals surface area contributed by atoms with Crippen molar-refractivity contribution in [1.29, 1.82) is 0 Å². The standard InChI is InChI=1S/C11H9NO2.C10H9N3O.C10H7NO2.C2H6O.CH4O.Cl2OS.H4N2.H2O/c1-14-11(13)10-7-6-8-4-2-3-5-9(8)12-10;11-13-10(14)9-6-5-7-3-1-2-4-8(7)12-9;12-10(13)9-6-5-7-3-1-2-4-8(7)11-9;1-2-3;1-2;1-4(2)3;1-2;/h2-7H,1H3;1-6H,11H2,(H,13,14);1-6H,(H,12,13);3H,2H2,1H3;2H,1H3;;1-2H2;1H2. The average Bonchev–Trinajstić information content (AvgIpc) is 3.18. The number of carboxylic acid groups (broad SMARTS) is 1. The summed E-state index contributed by atoms with van der Waals surface area (Å²) in [6.45, 7) is 1.93. The van der Waals surface area contributed by atoms with Gasteiger partial charge >= 0.3 is 11.9 Å². The van der Waals surface area contributed by atoms with Crippen molar-refractivity contribution in [3.8, 4) is 0 Å². The summed E-state index contributed by atoms with van der Waals surface area (Å²) >= 11 is 0. The van der Waals surface area contributed by atoms with Crippen LogP contribution in [0.1, 0.15) is 38.4 Å². The number of aliphatic hydroxyl groups excluding tert-OH is 2. The molecule has 286 valence electrons. The van der Waals surface area contributed by atoms with Crippen LogP contribution in [0.15, 0.2) is 109 Å². The van der Waals surface area contributed by atoms with E-state index >= 15 is 0 Å². The highest BCUT2D eigenvalue weighted by Gasteiger charge is 2.07. The number of aromatic carboxylic acids is 1. The molecule has 0 atom stereocenters. The number of fused-ring (bicyclic) bond motifs is 3. The molecule has 3 aromatic heterocycles. The highest BCUT2D eigenvalue weighted by atomic mass is 36.0. The molecule has 0 aliphatic heterocycles. The van der Waals surface area contributed by atoms with E-state index in [1.807, 2.05) is 84.3 Å². The summed E-state index contributed by atoms with van der Waals surface area (Å²) in [5, 5.41) is 26.2. The summed E-state index contributed by atoms with van der Waals surface area (Å²) in [5.74, 6) is 11.2. The lowest BCUT2D eigenvalue weighted by Crippen LogP contribution is -2.30. The molecule has 0 radical (unpaired) electrons. The number of aromatic nitrogens is 3. The van der Waals surface area contributed by atoms with Crippen LogP contribution in [0.2, 0.25) is 0 Å². The average molecular weight is 795 g/mol. The number of benzene rings is 3. The molecule has 0 aliphatic rings. The fourth-order valence-electron chi connectivity index (χ4n) is 3.74. The van der Waals surface area contributed by atoms with Gasteiger partial charge in [0.05, 0.1) is 23.7 Å². The number of methoxy groups -OCH3 is 1. The van der Waals surface area contributed by atoms with Crippen molar-refractivity contribution in [3.05, 3.63) is 126 Å². The summed E-state index contributed by atoms with van der Waals surface area (Å²) in [6, 6.07) is 32.9. The molecule has 0 saturated carbocycles. The predicted octanol–water partition coefficient (Wildman–Crippen LogP) is 3.44. The van der Waals surface area contributed by atoms with Gasteiger partial charge in [-0.3, -0.25) is 21.9 Å². The van der Waals surface area contributed by atoms with Crippen LogP contribution in [0.4, 0.5) is 0 Å². The molecule has 16 nitrogen and oxygen atoms in total. The first-order valence-electron chi connectivity index (χ1n) is 14.6. The number of nitrogen functional groups attached to an aromatic ring is 1. The maximum atomic E-state index is 11.2. The van der Waals surface area contributed by atoms with Crippen LogP contribution in [0.25, 0.3) is 32.7 Å². The number of nitrogens with zero attached hydrogens (tertiary/aromatic N) is 3. The summed E-state index contributed by atoms with van der Waals surface area (Å²) in [6.07, 6.45) is 0. The van der Waals surface area contributed by atoms with E-state index in [1.165, 1.54) is 13.2 Å². The lowest BCUT2D eigenvalue weighted by molar-refractivity contribution is 0.0593. The fraction of sp³-hybridized carbons (Fsp3) is 0.118. The lowest BCUT2D eigenvalue weighted by Gasteiger charge is -2.00. The topological polar surface area (TPSA) is 298 Å². The van der Waals surface area contributed by atoms with Gasteiger partial charge in [0, 0.05) is 51.2 Å². The van der Waals surface area contributed by atoms with Crippen LogP contribution in [0, 0.1) is 0 Å². The SMILES string of the molecule is CCO.CO.COC(=O)c1ccc2ccccc2n1.NN.NNC(=O)c1ccc2ccccc2n1.O.O=C(O)c1ccc2ccccc2n1.O=S(Cl)Cl. The molecule has 0 saturated heterocycles. The van der Waals surface area contributed by atoms with E-state index in [-0.39, 0.29) is 23.7 Å². The van der Waals surface area contributed by atoms with Gasteiger partial charge < -0.3 is 25.5 Å². The van der Waals surface area contributed by atoms with E-state index in [9.17, 15) is 14.4 Å². The number of amides is 1. The molecule has 6 rings (SSSR count). The van der Waals surface area contributed by atoms with Crippen molar-refractivity contribution in [2.75, 3.05) is 20.8 Å². The molecular weight excluding hydrogens is 753 g/mol. The van der Waals surface area contributed by atoms with Crippen LogP contribution in [0.3, 0.4) is 0 Å². The number of ether oxygens (including phenoxy) is 1. The first-order chi connectivity index (χ1) is 25.0. The van der Waals surface area contributed by atoms with Gasteiger partial charge in [0.25, 0.3) is 5.91 Å². The number of rotatable bonds is 3. The van der Waals surface area contributed by atoms with Gasteiger partial charge in [-0.2, -0.15) is 0 Å². The van der Waals surface area contributed by atoms with Crippen molar-refractivity contribution >= 4 is 81.1 Å². The molecule has 12 N–H and O–H groups in total. The van der Waals surface area contributed by atoms with Gasteiger partial charge in [-0.25, -0.2) is 34.6 Å². The number of para-hydroxylation sites is 3. The van der Waals surface area contributed by atoms with E-state index in [0.29, 0.717) is 16.9 Å². The summed E-state index contributed by atoms with van der Waals surface area (Å²) in [4.78, 5) is 45.2. The van der Waals surface area contributed by atoms with Gasteiger partial charge in [-0.15, -0.1) is 0 Å². The molecule has 0 unspecified atom stereocenters. The molecule has 6 aromatic rings. The molecule has 0 bridgehead atoms. The fourth-order valence-corrected chi connectivity index (χ4v) is 3.74. The van der Waals surface area contributed by atoms with Crippen molar-refractivity contribution in [1.82, 2.24) is 20.4 Å². The Balaban J connectivity index is 0. The van der Waals surface area contributed by atoms with Crippen molar-refractivity contribution < 1.29 is 44.1 Å². The van der Waals surface area contributed by atoms with E-state index in [0.717, 1.165) is 34.3 Å². The zero-order valence-electron chi connectivity index (χ0n) is 28.7. The van der Waals surface area contributed by atoms with E-state index in [2.05, 4.69) is 52.7 Å². The minimum atomic E-state index is -1.67. The predicted molar refractivity (Wildman–Crippen MR) is 208 cm³/mol. The van der Waals surface area contributed by atoms with Crippen molar-refractivity contribution in [2.45, 2.75) is 6.92 Å². The van der Waals surface area contributed by atoms with E-state index in [4.69, 9.17) is 25.4 Å². The maximum Gasteiger partial charge on any atom is 0.356 e. The van der Waals surface area contributed by atoms with Crippen LogP contribution >= 0.6 is 21.4 Å². The lowest BCUT2D eigenvalue weighted by atomic mass is 10.2. The van der Waals surface area contributed by atoms with Gasteiger partial charge in [0.1, 0.15) is 17.1 Å². The number of nitrogens with one attached hydrogen (secondary N) is 1. The Labute approximate surface area is 316 Å². The summed E-state index contributed by atoms with van der Waals surface area (Å²) < 4.78 is 13.7.